The van der Waals surface area contributed by atoms with Gasteiger partial charge in [0, 0.05) is 17.7 Å². The molecule has 1 heterocycles. The van der Waals surface area contributed by atoms with Crippen LogP contribution >= 0.6 is 0 Å². The molecule has 24 heavy (non-hydrogen) atoms. The third kappa shape index (κ3) is 4.59. The first-order chi connectivity index (χ1) is 11.7. The van der Waals surface area contributed by atoms with Crippen LogP contribution in [-0.2, 0) is 11.4 Å². The maximum atomic E-state index is 12.3. The number of hydrogen-bond donors (Lipinski definition) is 2. The minimum atomic E-state index is 0.100. The van der Waals surface area contributed by atoms with E-state index in [1.165, 1.54) is 5.56 Å². The molecule has 0 spiro atoms. The lowest BCUT2D eigenvalue weighted by atomic mass is 9.97. The van der Waals surface area contributed by atoms with Gasteiger partial charge in [0.15, 0.2) is 0 Å². The highest BCUT2D eigenvalue weighted by Crippen LogP contribution is 2.21. The van der Waals surface area contributed by atoms with Crippen LogP contribution in [0.15, 0.2) is 48.5 Å². The Morgan fingerprint density at radius 1 is 1.17 bits per heavy atom. The van der Waals surface area contributed by atoms with E-state index >= 15 is 0 Å². The van der Waals surface area contributed by atoms with Crippen molar-refractivity contribution in [1.29, 1.82) is 0 Å². The highest BCUT2D eigenvalue weighted by atomic mass is 16.5. The Morgan fingerprint density at radius 3 is 2.75 bits per heavy atom. The van der Waals surface area contributed by atoms with Gasteiger partial charge < -0.3 is 15.4 Å². The van der Waals surface area contributed by atoms with E-state index < -0.39 is 0 Å². The molecular formula is C20H24N2O2. The monoisotopic (exact) mass is 324 g/mol. The topological polar surface area (TPSA) is 50.4 Å². The molecule has 1 amide bonds. The van der Waals surface area contributed by atoms with Crippen LogP contribution in [0.3, 0.4) is 0 Å². The van der Waals surface area contributed by atoms with E-state index in [1.54, 1.807) is 0 Å². The molecule has 1 aliphatic rings. The van der Waals surface area contributed by atoms with E-state index in [4.69, 9.17) is 4.74 Å². The van der Waals surface area contributed by atoms with E-state index in [0.29, 0.717) is 6.61 Å². The molecule has 0 aromatic heterocycles. The van der Waals surface area contributed by atoms with Crippen LogP contribution in [-0.4, -0.2) is 19.0 Å². The van der Waals surface area contributed by atoms with Crippen molar-refractivity contribution in [2.24, 2.45) is 5.92 Å². The summed E-state index contributed by atoms with van der Waals surface area (Å²) < 4.78 is 5.85. The van der Waals surface area contributed by atoms with Gasteiger partial charge in [-0.3, -0.25) is 4.79 Å². The van der Waals surface area contributed by atoms with Crippen LogP contribution < -0.4 is 15.4 Å². The minimum absolute atomic E-state index is 0.100. The van der Waals surface area contributed by atoms with Crippen molar-refractivity contribution in [1.82, 2.24) is 5.32 Å². The van der Waals surface area contributed by atoms with Crippen molar-refractivity contribution in [3.8, 4) is 5.75 Å². The van der Waals surface area contributed by atoms with Crippen LogP contribution in [0.4, 0.5) is 5.69 Å². The summed E-state index contributed by atoms with van der Waals surface area (Å²) in [5, 5.41) is 6.29. The smallest absolute Gasteiger partial charge is 0.227 e. The molecule has 1 saturated heterocycles. The van der Waals surface area contributed by atoms with Crippen molar-refractivity contribution < 1.29 is 9.53 Å². The lowest BCUT2D eigenvalue weighted by Gasteiger charge is -2.21. The Morgan fingerprint density at radius 2 is 1.96 bits per heavy atom. The molecule has 0 bridgehead atoms. The zero-order valence-corrected chi connectivity index (χ0v) is 14.0. The molecule has 2 aromatic rings. The van der Waals surface area contributed by atoms with Gasteiger partial charge >= 0.3 is 0 Å². The van der Waals surface area contributed by atoms with Gasteiger partial charge in [0.2, 0.25) is 5.91 Å². The molecule has 0 saturated carbocycles. The van der Waals surface area contributed by atoms with Crippen LogP contribution in [0.5, 0.6) is 5.75 Å². The SMILES string of the molecule is Cc1cccc(COc2cccc(NC(=O)C3CCNCC3)c2)c1. The zero-order valence-electron chi connectivity index (χ0n) is 14.0. The molecule has 1 aliphatic heterocycles. The summed E-state index contributed by atoms with van der Waals surface area (Å²) in [5.41, 5.74) is 3.15. The van der Waals surface area contributed by atoms with E-state index in [-0.39, 0.29) is 11.8 Å². The molecule has 2 N–H and O–H groups in total. The number of carbonyl (C=O) groups excluding carboxylic acids is 1. The van der Waals surface area contributed by atoms with Crippen molar-refractivity contribution in [3.63, 3.8) is 0 Å². The summed E-state index contributed by atoms with van der Waals surface area (Å²) in [4.78, 5) is 12.3. The van der Waals surface area contributed by atoms with Crippen molar-refractivity contribution in [2.75, 3.05) is 18.4 Å². The van der Waals surface area contributed by atoms with Gasteiger partial charge in [0.05, 0.1) is 0 Å². The average molecular weight is 324 g/mol. The van der Waals surface area contributed by atoms with Crippen molar-refractivity contribution in [2.45, 2.75) is 26.4 Å². The molecule has 1 fully saturated rings. The number of hydrogen-bond acceptors (Lipinski definition) is 3. The van der Waals surface area contributed by atoms with E-state index in [0.717, 1.165) is 42.9 Å². The molecular weight excluding hydrogens is 300 g/mol. The fourth-order valence-electron chi connectivity index (χ4n) is 2.96. The van der Waals surface area contributed by atoms with E-state index in [9.17, 15) is 4.79 Å². The number of nitrogens with one attached hydrogen (secondary N) is 2. The number of amides is 1. The van der Waals surface area contributed by atoms with Gasteiger partial charge in [-0.1, -0.05) is 35.9 Å². The Hall–Kier alpha value is -2.33. The number of anilines is 1. The number of rotatable bonds is 5. The summed E-state index contributed by atoms with van der Waals surface area (Å²) in [6.07, 6.45) is 1.80. The van der Waals surface area contributed by atoms with Crippen LogP contribution in [0, 0.1) is 12.8 Å². The van der Waals surface area contributed by atoms with Gasteiger partial charge in [-0.15, -0.1) is 0 Å². The first-order valence-corrected chi connectivity index (χ1v) is 8.51. The lowest BCUT2D eigenvalue weighted by Crippen LogP contribution is -2.34. The molecule has 0 radical (unpaired) electrons. The Kier molecular flexibility index (Phi) is 5.49. The normalized spacial score (nSPS) is 15.0. The van der Waals surface area contributed by atoms with Gasteiger partial charge in [-0.2, -0.15) is 0 Å². The molecule has 4 heteroatoms. The van der Waals surface area contributed by atoms with Crippen molar-refractivity contribution >= 4 is 11.6 Å². The lowest BCUT2D eigenvalue weighted by molar-refractivity contribution is -0.120. The first kappa shape index (κ1) is 16.5. The quantitative estimate of drug-likeness (QED) is 0.885. The number of aryl methyl sites for hydroxylation is 1. The fourth-order valence-corrected chi connectivity index (χ4v) is 2.96. The second-order valence-corrected chi connectivity index (χ2v) is 6.32. The molecule has 0 unspecified atom stereocenters. The van der Waals surface area contributed by atoms with Crippen LogP contribution in [0.2, 0.25) is 0 Å². The molecule has 3 rings (SSSR count). The number of carbonyl (C=O) groups is 1. The largest absolute Gasteiger partial charge is 0.489 e. The first-order valence-electron chi connectivity index (χ1n) is 8.51. The Bertz CT molecular complexity index is 694. The second-order valence-electron chi connectivity index (χ2n) is 6.32. The van der Waals surface area contributed by atoms with E-state index in [1.807, 2.05) is 30.3 Å². The second kappa shape index (κ2) is 7.97. The minimum Gasteiger partial charge on any atom is -0.489 e. The highest BCUT2D eigenvalue weighted by Gasteiger charge is 2.20. The number of piperidine rings is 1. The predicted octanol–water partition coefficient (Wildman–Crippen LogP) is 3.51. The molecule has 0 atom stereocenters. The summed E-state index contributed by atoms with van der Waals surface area (Å²) in [5.74, 6) is 0.968. The van der Waals surface area contributed by atoms with Crippen molar-refractivity contribution in [3.05, 3.63) is 59.7 Å². The molecule has 4 nitrogen and oxygen atoms in total. The number of ether oxygens (including phenoxy) is 1. The molecule has 126 valence electrons. The summed E-state index contributed by atoms with van der Waals surface area (Å²) in [6, 6.07) is 15.9. The standard InChI is InChI=1S/C20H24N2O2/c1-15-4-2-5-16(12-15)14-24-19-7-3-6-18(13-19)22-20(23)17-8-10-21-11-9-17/h2-7,12-13,17,21H,8-11,14H2,1H3,(H,22,23). The van der Waals surface area contributed by atoms with Gasteiger partial charge in [0.1, 0.15) is 12.4 Å². The van der Waals surface area contributed by atoms with Crippen LogP contribution in [0.25, 0.3) is 0 Å². The molecule has 2 aromatic carbocycles. The third-order valence-corrected chi connectivity index (χ3v) is 4.30. The number of benzene rings is 2. The predicted molar refractivity (Wildman–Crippen MR) is 96.2 cm³/mol. The van der Waals surface area contributed by atoms with Gasteiger partial charge in [0.25, 0.3) is 0 Å². The van der Waals surface area contributed by atoms with E-state index in [2.05, 4.69) is 35.8 Å². The Balaban J connectivity index is 1.58. The summed E-state index contributed by atoms with van der Waals surface area (Å²) in [7, 11) is 0. The fraction of sp³-hybridized carbons (Fsp3) is 0.350. The van der Waals surface area contributed by atoms with Gasteiger partial charge in [-0.25, -0.2) is 0 Å². The Labute approximate surface area is 143 Å². The maximum absolute atomic E-state index is 12.3. The van der Waals surface area contributed by atoms with Gasteiger partial charge in [-0.05, 0) is 50.6 Å². The maximum Gasteiger partial charge on any atom is 0.227 e. The highest BCUT2D eigenvalue weighted by molar-refractivity contribution is 5.92. The summed E-state index contributed by atoms with van der Waals surface area (Å²) in [6.45, 7) is 4.42. The third-order valence-electron chi connectivity index (χ3n) is 4.30. The average Bonchev–Trinajstić information content (AvgIpc) is 2.61. The van der Waals surface area contributed by atoms with Crippen LogP contribution in [0.1, 0.15) is 24.0 Å². The zero-order chi connectivity index (χ0) is 16.8. The summed E-state index contributed by atoms with van der Waals surface area (Å²) >= 11 is 0. The molecule has 0 aliphatic carbocycles.